The molecule has 6 nitrogen and oxygen atoms in total. The van der Waals surface area contributed by atoms with Crippen molar-refractivity contribution < 1.29 is 28.8 Å². The number of para-hydroxylation sites is 1. The van der Waals surface area contributed by atoms with Gasteiger partial charge in [-0.15, -0.1) is 0 Å². The molecule has 0 amide bonds. The summed E-state index contributed by atoms with van der Waals surface area (Å²) in [5.74, 6) is 1.43. The highest BCUT2D eigenvalue weighted by Crippen LogP contribution is 2.32. The van der Waals surface area contributed by atoms with E-state index in [0.717, 1.165) is 11.8 Å². The number of ether oxygens (including phenoxy) is 4. The molecule has 0 fully saturated rings. The third-order valence-electron chi connectivity index (χ3n) is 3.29. The molecule has 0 radical (unpaired) electrons. The van der Waals surface area contributed by atoms with Crippen molar-refractivity contribution in [3.8, 4) is 23.0 Å². The van der Waals surface area contributed by atoms with Crippen LogP contribution in [0, 0.1) is 0 Å². The molecule has 2 aromatic rings. The van der Waals surface area contributed by atoms with E-state index in [4.69, 9.17) is 24.1 Å². The van der Waals surface area contributed by atoms with Crippen molar-refractivity contribution in [3.63, 3.8) is 0 Å². The lowest BCUT2D eigenvalue weighted by Crippen LogP contribution is -2.10. The molecule has 6 heteroatoms. The summed E-state index contributed by atoms with van der Waals surface area (Å²) in [4.78, 5) is 10.7. The molecule has 1 N–H and O–H groups in total. The first-order valence-electron chi connectivity index (χ1n) is 7.61. The molecular weight excluding hydrogens is 324 g/mol. The van der Waals surface area contributed by atoms with Gasteiger partial charge in [-0.3, -0.25) is 0 Å². The van der Waals surface area contributed by atoms with Crippen LogP contribution in [0.5, 0.6) is 23.0 Å². The van der Waals surface area contributed by atoms with Crippen molar-refractivity contribution in [2.24, 2.45) is 0 Å². The third kappa shape index (κ3) is 5.46. The number of aliphatic carboxylic acids is 1. The Morgan fingerprint density at radius 1 is 0.960 bits per heavy atom. The van der Waals surface area contributed by atoms with Crippen LogP contribution in [-0.2, 0) is 4.79 Å². The van der Waals surface area contributed by atoms with Crippen molar-refractivity contribution in [2.45, 2.75) is 0 Å². The molecule has 0 spiro atoms. The zero-order valence-electron chi connectivity index (χ0n) is 14.1. The quantitative estimate of drug-likeness (QED) is 0.556. The molecule has 0 heterocycles. The van der Waals surface area contributed by atoms with Crippen LogP contribution in [0.1, 0.15) is 5.56 Å². The van der Waals surface area contributed by atoms with Gasteiger partial charge in [0.05, 0.1) is 14.2 Å². The molecule has 0 atom stereocenters. The van der Waals surface area contributed by atoms with Crippen LogP contribution in [0.3, 0.4) is 0 Å². The molecule has 0 saturated heterocycles. The fraction of sp³-hybridized carbons (Fsp3) is 0.211. The van der Waals surface area contributed by atoms with Crippen LogP contribution in [0.15, 0.2) is 48.5 Å². The highest BCUT2D eigenvalue weighted by atomic mass is 16.5. The van der Waals surface area contributed by atoms with Gasteiger partial charge in [0.2, 0.25) is 0 Å². The van der Waals surface area contributed by atoms with Crippen LogP contribution in [-0.4, -0.2) is 38.5 Å². The van der Waals surface area contributed by atoms with Crippen molar-refractivity contribution in [2.75, 3.05) is 27.4 Å². The summed E-state index contributed by atoms with van der Waals surface area (Å²) in [6.07, 6.45) is 2.51. The van der Waals surface area contributed by atoms with Gasteiger partial charge in [-0.25, -0.2) is 4.79 Å². The average molecular weight is 344 g/mol. The lowest BCUT2D eigenvalue weighted by Gasteiger charge is -2.14. The number of carboxylic acid groups (broad SMARTS) is 1. The van der Waals surface area contributed by atoms with Gasteiger partial charge in [-0.05, 0) is 36.4 Å². The zero-order valence-corrected chi connectivity index (χ0v) is 14.1. The molecule has 0 aliphatic rings. The van der Waals surface area contributed by atoms with Gasteiger partial charge in [0.25, 0.3) is 0 Å². The number of carbonyl (C=O) groups is 1. The predicted octanol–water partition coefficient (Wildman–Crippen LogP) is 3.26. The Hall–Kier alpha value is -3.15. The monoisotopic (exact) mass is 344 g/mol. The van der Waals surface area contributed by atoms with Gasteiger partial charge in [-0.1, -0.05) is 12.1 Å². The summed E-state index contributed by atoms with van der Waals surface area (Å²) in [7, 11) is 3.13. The van der Waals surface area contributed by atoms with Crippen molar-refractivity contribution >= 4 is 12.0 Å². The van der Waals surface area contributed by atoms with E-state index in [0.29, 0.717) is 29.4 Å². The molecule has 2 rings (SSSR count). The Morgan fingerprint density at radius 3 is 2.28 bits per heavy atom. The number of hydrogen-bond acceptors (Lipinski definition) is 5. The number of methoxy groups -OCH3 is 2. The normalized spacial score (nSPS) is 10.5. The number of rotatable bonds is 9. The highest BCUT2D eigenvalue weighted by molar-refractivity contribution is 5.86. The van der Waals surface area contributed by atoms with Gasteiger partial charge >= 0.3 is 5.97 Å². The summed E-state index contributed by atoms with van der Waals surface area (Å²) < 4.78 is 21.7. The standard InChI is InChI=1S/C19H20O6/c1-22-15-7-9-16(10-8-15)24-12-13-25-19-14(6-11-18(20)21)4-3-5-17(19)23-2/h3-11H,12-13H2,1-2H3,(H,20,21). The van der Waals surface area contributed by atoms with Gasteiger partial charge < -0.3 is 24.1 Å². The van der Waals surface area contributed by atoms with Crippen LogP contribution >= 0.6 is 0 Å². The summed E-state index contributed by atoms with van der Waals surface area (Å²) in [5, 5.41) is 8.78. The Bertz CT molecular complexity index is 721. The first-order valence-corrected chi connectivity index (χ1v) is 7.61. The molecular formula is C19H20O6. The van der Waals surface area contributed by atoms with E-state index in [-0.39, 0.29) is 6.61 Å². The Balaban J connectivity index is 1.97. The van der Waals surface area contributed by atoms with E-state index in [1.165, 1.54) is 13.2 Å². The van der Waals surface area contributed by atoms with Gasteiger partial charge in [-0.2, -0.15) is 0 Å². The fourth-order valence-corrected chi connectivity index (χ4v) is 2.12. The maximum absolute atomic E-state index is 10.7. The molecule has 0 aromatic heterocycles. The smallest absolute Gasteiger partial charge is 0.328 e. The summed E-state index contributed by atoms with van der Waals surface area (Å²) in [6.45, 7) is 0.604. The lowest BCUT2D eigenvalue weighted by molar-refractivity contribution is -0.131. The third-order valence-corrected chi connectivity index (χ3v) is 3.29. The zero-order chi connectivity index (χ0) is 18.1. The Morgan fingerprint density at radius 2 is 1.64 bits per heavy atom. The molecule has 2 aromatic carbocycles. The van der Waals surface area contributed by atoms with Crippen LogP contribution < -0.4 is 18.9 Å². The van der Waals surface area contributed by atoms with Crippen molar-refractivity contribution in [1.29, 1.82) is 0 Å². The van der Waals surface area contributed by atoms with E-state index in [2.05, 4.69) is 0 Å². The summed E-state index contributed by atoms with van der Waals surface area (Å²) >= 11 is 0. The Labute approximate surface area is 146 Å². The molecule has 0 bridgehead atoms. The number of benzene rings is 2. The van der Waals surface area contributed by atoms with Crippen molar-refractivity contribution in [3.05, 3.63) is 54.1 Å². The van der Waals surface area contributed by atoms with Crippen LogP contribution in [0.4, 0.5) is 0 Å². The van der Waals surface area contributed by atoms with Gasteiger partial charge in [0.1, 0.15) is 24.7 Å². The van der Waals surface area contributed by atoms with Crippen LogP contribution in [0.2, 0.25) is 0 Å². The number of carboxylic acids is 1. The van der Waals surface area contributed by atoms with Gasteiger partial charge in [0.15, 0.2) is 11.5 Å². The SMILES string of the molecule is COc1ccc(OCCOc2c(C=CC(=O)O)cccc2OC)cc1. The fourth-order valence-electron chi connectivity index (χ4n) is 2.12. The van der Waals surface area contributed by atoms with E-state index in [1.807, 2.05) is 24.3 Å². The van der Waals surface area contributed by atoms with Gasteiger partial charge in [0, 0.05) is 11.6 Å². The molecule has 0 unspecified atom stereocenters. The predicted molar refractivity (Wildman–Crippen MR) is 93.6 cm³/mol. The van der Waals surface area contributed by atoms with Crippen molar-refractivity contribution in [1.82, 2.24) is 0 Å². The molecule has 132 valence electrons. The second kappa shape index (κ2) is 9.22. The maximum atomic E-state index is 10.7. The first-order chi connectivity index (χ1) is 12.1. The largest absolute Gasteiger partial charge is 0.497 e. The second-order valence-corrected chi connectivity index (χ2v) is 4.92. The van der Waals surface area contributed by atoms with Crippen LogP contribution in [0.25, 0.3) is 6.08 Å². The minimum Gasteiger partial charge on any atom is -0.497 e. The molecule has 0 aliphatic carbocycles. The minimum atomic E-state index is -1.03. The lowest BCUT2D eigenvalue weighted by atomic mass is 10.1. The number of hydrogen-bond donors (Lipinski definition) is 1. The van der Waals surface area contributed by atoms with E-state index >= 15 is 0 Å². The maximum Gasteiger partial charge on any atom is 0.328 e. The molecule has 0 saturated carbocycles. The first kappa shape index (κ1) is 18.2. The van der Waals surface area contributed by atoms with E-state index in [9.17, 15) is 4.79 Å². The summed E-state index contributed by atoms with van der Waals surface area (Å²) in [6, 6.07) is 12.5. The molecule has 25 heavy (non-hydrogen) atoms. The highest BCUT2D eigenvalue weighted by Gasteiger charge is 2.09. The average Bonchev–Trinajstić information content (AvgIpc) is 2.64. The second-order valence-electron chi connectivity index (χ2n) is 4.92. The van der Waals surface area contributed by atoms with E-state index < -0.39 is 5.97 Å². The Kier molecular flexibility index (Phi) is 6.71. The minimum absolute atomic E-state index is 0.278. The summed E-state index contributed by atoms with van der Waals surface area (Å²) in [5.41, 5.74) is 0.617. The van der Waals surface area contributed by atoms with E-state index in [1.54, 1.807) is 25.3 Å². The molecule has 0 aliphatic heterocycles. The topological polar surface area (TPSA) is 74.2 Å².